The second-order valence-corrected chi connectivity index (χ2v) is 5.55. The molecule has 122 valence electrons. The standard InChI is InChI=1S/C15H19N5O3/c21-10-11-3-2-6-20(9-11)15(22)17-8-13-18-14(19-23-13)12-4-1-5-16-7-12/h1,4-5,7,11,21H,2-3,6,8-10H2,(H,17,22)/t11-/m0/s1. The monoisotopic (exact) mass is 317 g/mol. The molecule has 1 aliphatic heterocycles. The minimum atomic E-state index is -0.177. The number of urea groups is 1. The lowest BCUT2D eigenvalue weighted by Gasteiger charge is -2.31. The SMILES string of the molecule is O=C(NCc1nc(-c2cccnc2)no1)N1CCC[C@H](CO)C1. The van der Waals surface area contributed by atoms with Gasteiger partial charge in [-0.25, -0.2) is 4.79 Å². The number of hydrogen-bond donors (Lipinski definition) is 2. The van der Waals surface area contributed by atoms with Crippen molar-refractivity contribution in [2.24, 2.45) is 5.92 Å². The van der Waals surface area contributed by atoms with Crippen LogP contribution in [0.5, 0.6) is 0 Å². The fourth-order valence-electron chi connectivity index (χ4n) is 2.60. The number of nitrogens with one attached hydrogen (secondary N) is 1. The quantitative estimate of drug-likeness (QED) is 0.873. The molecule has 2 aromatic rings. The zero-order valence-electron chi connectivity index (χ0n) is 12.7. The Balaban J connectivity index is 1.54. The van der Waals surface area contributed by atoms with E-state index < -0.39 is 0 Å². The van der Waals surface area contributed by atoms with E-state index in [1.807, 2.05) is 6.07 Å². The Morgan fingerprint density at radius 2 is 2.43 bits per heavy atom. The summed E-state index contributed by atoms with van der Waals surface area (Å²) in [5.41, 5.74) is 0.760. The molecule has 3 rings (SSSR count). The van der Waals surface area contributed by atoms with E-state index in [4.69, 9.17) is 4.52 Å². The minimum absolute atomic E-state index is 0.113. The molecule has 0 radical (unpaired) electrons. The highest BCUT2D eigenvalue weighted by atomic mass is 16.5. The molecule has 1 atom stereocenters. The van der Waals surface area contributed by atoms with Crippen LogP contribution in [0.15, 0.2) is 29.0 Å². The van der Waals surface area contributed by atoms with Gasteiger partial charge >= 0.3 is 6.03 Å². The van der Waals surface area contributed by atoms with Crippen molar-refractivity contribution >= 4 is 6.03 Å². The first kappa shape index (κ1) is 15.4. The maximum absolute atomic E-state index is 12.1. The van der Waals surface area contributed by atoms with Gasteiger partial charge in [-0.1, -0.05) is 5.16 Å². The lowest BCUT2D eigenvalue weighted by Crippen LogP contribution is -2.45. The Bertz CT molecular complexity index is 646. The summed E-state index contributed by atoms with van der Waals surface area (Å²) in [5.74, 6) is 0.948. The summed E-state index contributed by atoms with van der Waals surface area (Å²) < 4.78 is 5.14. The van der Waals surface area contributed by atoms with Crippen LogP contribution >= 0.6 is 0 Å². The zero-order valence-corrected chi connectivity index (χ0v) is 12.7. The third-order valence-electron chi connectivity index (χ3n) is 3.84. The van der Waals surface area contributed by atoms with E-state index in [9.17, 15) is 9.90 Å². The molecule has 8 nitrogen and oxygen atoms in total. The highest BCUT2D eigenvalue weighted by Gasteiger charge is 2.23. The zero-order chi connectivity index (χ0) is 16.1. The average molecular weight is 317 g/mol. The minimum Gasteiger partial charge on any atom is -0.396 e. The number of carbonyl (C=O) groups is 1. The van der Waals surface area contributed by atoms with Crippen molar-refractivity contribution in [3.63, 3.8) is 0 Å². The molecule has 2 aromatic heterocycles. The van der Waals surface area contributed by atoms with Crippen molar-refractivity contribution in [2.75, 3.05) is 19.7 Å². The number of aliphatic hydroxyl groups is 1. The Labute approximate surface area is 133 Å². The van der Waals surface area contributed by atoms with Gasteiger partial charge in [-0.2, -0.15) is 4.98 Å². The van der Waals surface area contributed by atoms with Gasteiger partial charge in [-0.15, -0.1) is 0 Å². The first-order valence-corrected chi connectivity index (χ1v) is 7.63. The van der Waals surface area contributed by atoms with Crippen LogP contribution in [0.2, 0.25) is 0 Å². The number of aromatic nitrogens is 3. The van der Waals surface area contributed by atoms with Crippen molar-refractivity contribution in [1.82, 2.24) is 25.3 Å². The third-order valence-corrected chi connectivity index (χ3v) is 3.84. The van der Waals surface area contributed by atoms with Gasteiger partial charge in [0, 0.05) is 37.7 Å². The van der Waals surface area contributed by atoms with Crippen LogP contribution < -0.4 is 5.32 Å². The van der Waals surface area contributed by atoms with Crippen molar-refractivity contribution in [2.45, 2.75) is 19.4 Å². The molecular weight excluding hydrogens is 298 g/mol. The topological polar surface area (TPSA) is 104 Å². The Morgan fingerprint density at radius 3 is 3.22 bits per heavy atom. The molecule has 8 heteroatoms. The summed E-state index contributed by atoms with van der Waals surface area (Å²) in [4.78, 5) is 22.1. The van der Waals surface area contributed by atoms with Crippen molar-refractivity contribution in [3.05, 3.63) is 30.4 Å². The van der Waals surface area contributed by atoms with Gasteiger partial charge in [0.15, 0.2) is 0 Å². The van der Waals surface area contributed by atoms with Crippen LogP contribution in [0.25, 0.3) is 11.4 Å². The predicted octanol–water partition coefficient (Wildman–Crippen LogP) is 1.05. The maximum Gasteiger partial charge on any atom is 0.317 e. The van der Waals surface area contributed by atoms with Gasteiger partial charge < -0.3 is 19.8 Å². The summed E-state index contributed by atoms with van der Waals surface area (Å²) in [7, 11) is 0. The summed E-state index contributed by atoms with van der Waals surface area (Å²) in [6, 6.07) is 3.45. The van der Waals surface area contributed by atoms with E-state index in [0.717, 1.165) is 18.4 Å². The van der Waals surface area contributed by atoms with Crippen LogP contribution in [-0.2, 0) is 6.54 Å². The molecular formula is C15H19N5O3. The Morgan fingerprint density at radius 1 is 1.52 bits per heavy atom. The van der Waals surface area contributed by atoms with Gasteiger partial charge in [0.1, 0.15) is 0 Å². The molecule has 0 saturated carbocycles. The van der Waals surface area contributed by atoms with E-state index in [0.29, 0.717) is 24.8 Å². The van der Waals surface area contributed by atoms with Crippen LogP contribution in [0.4, 0.5) is 4.79 Å². The molecule has 1 aliphatic rings. The van der Waals surface area contributed by atoms with Crippen LogP contribution in [0.1, 0.15) is 18.7 Å². The Kier molecular flexibility index (Phi) is 4.82. The van der Waals surface area contributed by atoms with Crippen molar-refractivity contribution < 1.29 is 14.4 Å². The number of rotatable bonds is 4. The molecule has 3 heterocycles. The highest BCUT2D eigenvalue weighted by molar-refractivity contribution is 5.74. The lowest BCUT2D eigenvalue weighted by atomic mass is 9.99. The number of aliphatic hydroxyl groups excluding tert-OH is 1. The number of pyridine rings is 1. The largest absolute Gasteiger partial charge is 0.396 e. The molecule has 2 N–H and O–H groups in total. The summed E-state index contributed by atoms with van der Waals surface area (Å²) >= 11 is 0. The highest BCUT2D eigenvalue weighted by Crippen LogP contribution is 2.16. The molecule has 1 fully saturated rings. The molecule has 23 heavy (non-hydrogen) atoms. The fourth-order valence-corrected chi connectivity index (χ4v) is 2.60. The van der Waals surface area contributed by atoms with Crippen LogP contribution in [-0.4, -0.2) is 50.9 Å². The summed E-state index contributed by atoms with van der Waals surface area (Å²) in [5, 5.41) is 15.9. The first-order chi connectivity index (χ1) is 11.3. The molecule has 0 aromatic carbocycles. The smallest absolute Gasteiger partial charge is 0.317 e. The molecule has 1 saturated heterocycles. The molecule has 0 unspecified atom stereocenters. The number of hydrogen-bond acceptors (Lipinski definition) is 6. The van der Waals surface area contributed by atoms with Gasteiger partial charge in [-0.05, 0) is 30.9 Å². The van der Waals surface area contributed by atoms with E-state index >= 15 is 0 Å². The van der Waals surface area contributed by atoms with Crippen molar-refractivity contribution in [1.29, 1.82) is 0 Å². The fraction of sp³-hybridized carbons (Fsp3) is 0.467. The van der Waals surface area contributed by atoms with Gasteiger partial charge in [0.05, 0.1) is 6.54 Å². The third kappa shape index (κ3) is 3.84. The summed E-state index contributed by atoms with van der Waals surface area (Å²) in [6.07, 6.45) is 5.18. The number of amides is 2. The predicted molar refractivity (Wildman–Crippen MR) is 81.1 cm³/mol. The second kappa shape index (κ2) is 7.19. The molecule has 0 aliphatic carbocycles. The van der Waals surface area contributed by atoms with Crippen LogP contribution in [0, 0.1) is 5.92 Å². The molecule has 0 spiro atoms. The normalized spacial score (nSPS) is 18.0. The average Bonchev–Trinajstić information content (AvgIpc) is 3.09. The maximum atomic E-state index is 12.1. The van der Waals surface area contributed by atoms with Gasteiger partial charge in [-0.3, -0.25) is 4.98 Å². The number of carbonyl (C=O) groups excluding carboxylic acids is 1. The van der Waals surface area contributed by atoms with Gasteiger partial charge in [0.25, 0.3) is 0 Å². The molecule has 2 amide bonds. The van der Waals surface area contributed by atoms with Gasteiger partial charge in [0.2, 0.25) is 11.7 Å². The number of piperidine rings is 1. The van der Waals surface area contributed by atoms with E-state index in [1.165, 1.54) is 0 Å². The Hall–Kier alpha value is -2.48. The number of nitrogens with zero attached hydrogens (tertiary/aromatic N) is 4. The van der Waals surface area contributed by atoms with E-state index in [1.54, 1.807) is 23.4 Å². The van der Waals surface area contributed by atoms with Crippen LogP contribution in [0.3, 0.4) is 0 Å². The lowest BCUT2D eigenvalue weighted by molar-refractivity contribution is 0.129. The first-order valence-electron chi connectivity index (χ1n) is 7.63. The van der Waals surface area contributed by atoms with Crippen molar-refractivity contribution in [3.8, 4) is 11.4 Å². The van der Waals surface area contributed by atoms with E-state index in [2.05, 4.69) is 20.4 Å². The van der Waals surface area contributed by atoms with E-state index in [-0.39, 0.29) is 25.1 Å². The molecule has 0 bridgehead atoms. The number of likely N-dealkylation sites (tertiary alicyclic amines) is 1. The second-order valence-electron chi connectivity index (χ2n) is 5.55. The summed E-state index contributed by atoms with van der Waals surface area (Å²) in [6.45, 7) is 1.56.